The molecule has 0 radical (unpaired) electrons. The lowest BCUT2D eigenvalue weighted by Gasteiger charge is -2.04. The maximum absolute atomic E-state index is 11.3. The van der Waals surface area contributed by atoms with Gasteiger partial charge in [0.2, 0.25) is 0 Å². The minimum atomic E-state index is -0.0653. The highest BCUT2D eigenvalue weighted by molar-refractivity contribution is 5.69. The molecule has 0 aromatic carbocycles. The Kier molecular flexibility index (Phi) is 13.0. The molecule has 0 heterocycles. The second-order valence-corrected chi connectivity index (χ2v) is 4.52. The van der Waals surface area contributed by atoms with Crippen molar-refractivity contribution in [2.24, 2.45) is 0 Å². The summed E-state index contributed by atoms with van der Waals surface area (Å²) in [6, 6.07) is 0. The van der Waals surface area contributed by atoms with Crippen molar-refractivity contribution < 1.29 is 14.6 Å². The average Bonchev–Trinajstić information content (AvgIpc) is 2.33. The largest absolute Gasteiger partial charge is 0.466 e. The Bertz CT molecular complexity index is 169. The van der Waals surface area contributed by atoms with Gasteiger partial charge in [0.1, 0.15) is 0 Å². The van der Waals surface area contributed by atoms with Gasteiger partial charge in [-0.1, -0.05) is 45.4 Å². The second kappa shape index (κ2) is 13.5. The summed E-state index contributed by atoms with van der Waals surface area (Å²) in [5.74, 6) is -0.0653. The quantitative estimate of drug-likeness (QED) is 0.422. The Morgan fingerprint density at radius 3 is 2.29 bits per heavy atom. The first kappa shape index (κ1) is 16.4. The molecular weight excluding hydrogens is 216 g/mol. The van der Waals surface area contributed by atoms with E-state index >= 15 is 0 Å². The molecule has 1 N–H and O–H groups in total. The van der Waals surface area contributed by atoms with E-state index in [0.29, 0.717) is 13.0 Å². The Morgan fingerprint density at radius 2 is 1.59 bits per heavy atom. The lowest BCUT2D eigenvalue weighted by Crippen LogP contribution is -2.05. The van der Waals surface area contributed by atoms with Gasteiger partial charge in [-0.2, -0.15) is 0 Å². The fourth-order valence-corrected chi connectivity index (χ4v) is 1.70. The van der Waals surface area contributed by atoms with Crippen LogP contribution in [0.4, 0.5) is 0 Å². The van der Waals surface area contributed by atoms with Crippen LogP contribution >= 0.6 is 0 Å². The number of unbranched alkanes of at least 4 members (excludes halogenated alkanes) is 7. The van der Waals surface area contributed by atoms with E-state index in [-0.39, 0.29) is 12.6 Å². The molecule has 0 amide bonds. The SMILES string of the molecule is CCCCCCCOC(=O)CCCCCCO. The maximum Gasteiger partial charge on any atom is 0.305 e. The summed E-state index contributed by atoms with van der Waals surface area (Å²) in [5.41, 5.74) is 0. The number of aliphatic hydroxyl groups excluding tert-OH is 1. The van der Waals surface area contributed by atoms with E-state index in [2.05, 4.69) is 6.92 Å². The molecule has 0 aliphatic heterocycles. The monoisotopic (exact) mass is 244 g/mol. The minimum Gasteiger partial charge on any atom is -0.466 e. The van der Waals surface area contributed by atoms with Crippen molar-refractivity contribution >= 4 is 5.97 Å². The van der Waals surface area contributed by atoms with Gasteiger partial charge in [-0.15, -0.1) is 0 Å². The zero-order chi connectivity index (χ0) is 12.8. The lowest BCUT2D eigenvalue weighted by molar-refractivity contribution is -0.143. The van der Waals surface area contributed by atoms with Crippen LogP contribution in [0.5, 0.6) is 0 Å². The predicted molar refractivity (Wildman–Crippen MR) is 69.9 cm³/mol. The fourth-order valence-electron chi connectivity index (χ4n) is 1.70. The number of esters is 1. The van der Waals surface area contributed by atoms with Gasteiger partial charge in [0.25, 0.3) is 0 Å². The summed E-state index contributed by atoms with van der Waals surface area (Å²) >= 11 is 0. The number of carbonyl (C=O) groups excluding carboxylic acids is 1. The molecule has 17 heavy (non-hydrogen) atoms. The standard InChI is InChI=1S/C14H28O3/c1-2-3-4-7-10-13-17-14(16)11-8-5-6-9-12-15/h15H,2-13H2,1H3. The third-order valence-electron chi connectivity index (χ3n) is 2.80. The van der Waals surface area contributed by atoms with Crippen molar-refractivity contribution in [2.45, 2.75) is 71.1 Å². The van der Waals surface area contributed by atoms with Crippen molar-refractivity contribution in [3.05, 3.63) is 0 Å². The van der Waals surface area contributed by atoms with Crippen LogP contribution in [0.1, 0.15) is 71.1 Å². The molecule has 0 aliphatic rings. The van der Waals surface area contributed by atoms with Gasteiger partial charge in [0, 0.05) is 13.0 Å². The second-order valence-electron chi connectivity index (χ2n) is 4.52. The van der Waals surface area contributed by atoms with E-state index in [1.165, 1.54) is 19.3 Å². The minimum absolute atomic E-state index is 0.0653. The lowest BCUT2D eigenvalue weighted by atomic mass is 10.1. The van der Waals surface area contributed by atoms with Crippen LogP contribution in [-0.2, 0) is 9.53 Å². The van der Waals surface area contributed by atoms with E-state index in [1.54, 1.807) is 0 Å². The van der Waals surface area contributed by atoms with Gasteiger partial charge in [-0.3, -0.25) is 4.79 Å². The maximum atomic E-state index is 11.3. The number of rotatable bonds is 12. The molecule has 0 bridgehead atoms. The van der Waals surface area contributed by atoms with Crippen LogP contribution in [0, 0.1) is 0 Å². The van der Waals surface area contributed by atoms with Crippen molar-refractivity contribution in [3.8, 4) is 0 Å². The molecule has 0 aromatic heterocycles. The first-order valence-corrected chi connectivity index (χ1v) is 7.07. The van der Waals surface area contributed by atoms with Crippen LogP contribution < -0.4 is 0 Å². The summed E-state index contributed by atoms with van der Waals surface area (Å²) in [4.78, 5) is 11.3. The van der Waals surface area contributed by atoms with E-state index in [0.717, 1.165) is 38.5 Å². The van der Waals surface area contributed by atoms with Gasteiger partial charge in [-0.05, 0) is 19.3 Å². The summed E-state index contributed by atoms with van der Waals surface area (Å²) in [6.45, 7) is 3.03. The van der Waals surface area contributed by atoms with Crippen molar-refractivity contribution in [1.29, 1.82) is 0 Å². The van der Waals surface area contributed by atoms with Gasteiger partial charge in [-0.25, -0.2) is 0 Å². The molecule has 0 spiro atoms. The molecule has 0 saturated heterocycles. The van der Waals surface area contributed by atoms with Gasteiger partial charge in [0.05, 0.1) is 6.61 Å². The molecule has 0 atom stereocenters. The summed E-state index contributed by atoms with van der Waals surface area (Å²) in [6.07, 6.45) is 10.2. The van der Waals surface area contributed by atoms with Gasteiger partial charge >= 0.3 is 5.97 Å². The van der Waals surface area contributed by atoms with Crippen molar-refractivity contribution in [1.82, 2.24) is 0 Å². The molecule has 0 aromatic rings. The van der Waals surface area contributed by atoms with Crippen LogP contribution in [0.2, 0.25) is 0 Å². The van der Waals surface area contributed by atoms with Crippen LogP contribution in [-0.4, -0.2) is 24.3 Å². The molecule has 3 heteroatoms. The third-order valence-corrected chi connectivity index (χ3v) is 2.80. The van der Waals surface area contributed by atoms with E-state index < -0.39 is 0 Å². The van der Waals surface area contributed by atoms with Gasteiger partial charge in [0.15, 0.2) is 0 Å². The van der Waals surface area contributed by atoms with Crippen LogP contribution in [0.25, 0.3) is 0 Å². The molecule has 3 nitrogen and oxygen atoms in total. The number of ether oxygens (including phenoxy) is 1. The summed E-state index contributed by atoms with van der Waals surface area (Å²) in [5, 5.41) is 8.59. The summed E-state index contributed by atoms with van der Waals surface area (Å²) < 4.78 is 5.14. The first-order chi connectivity index (χ1) is 8.31. The third kappa shape index (κ3) is 13.4. The zero-order valence-corrected chi connectivity index (χ0v) is 11.2. The van der Waals surface area contributed by atoms with E-state index in [9.17, 15) is 4.79 Å². The predicted octanol–water partition coefficient (Wildman–Crippen LogP) is 3.44. The first-order valence-electron chi connectivity index (χ1n) is 7.07. The Hall–Kier alpha value is -0.570. The number of carbonyl (C=O) groups is 1. The van der Waals surface area contributed by atoms with E-state index in [4.69, 9.17) is 9.84 Å². The highest BCUT2D eigenvalue weighted by atomic mass is 16.5. The molecule has 0 unspecified atom stereocenters. The number of hydrogen-bond acceptors (Lipinski definition) is 3. The number of aliphatic hydroxyl groups is 1. The Labute approximate surface area is 106 Å². The summed E-state index contributed by atoms with van der Waals surface area (Å²) in [7, 11) is 0. The molecule has 0 fully saturated rings. The normalized spacial score (nSPS) is 10.5. The highest BCUT2D eigenvalue weighted by Gasteiger charge is 2.01. The topological polar surface area (TPSA) is 46.5 Å². The molecule has 0 rings (SSSR count). The van der Waals surface area contributed by atoms with Gasteiger partial charge < -0.3 is 9.84 Å². The van der Waals surface area contributed by atoms with Crippen LogP contribution in [0.3, 0.4) is 0 Å². The Balaban J connectivity index is 3.12. The molecule has 0 aliphatic carbocycles. The highest BCUT2D eigenvalue weighted by Crippen LogP contribution is 2.05. The molecular formula is C14H28O3. The molecule has 102 valence electrons. The van der Waals surface area contributed by atoms with Crippen LogP contribution in [0.15, 0.2) is 0 Å². The van der Waals surface area contributed by atoms with Crippen molar-refractivity contribution in [2.75, 3.05) is 13.2 Å². The molecule has 0 saturated carbocycles. The average molecular weight is 244 g/mol. The van der Waals surface area contributed by atoms with Crippen molar-refractivity contribution in [3.63, 3.8) is 0 Å². The van der Waals surface area contributed by atoms with E-state index in [1.807, 2.05) is 0 Å². The fraction of sp³-hybridized carbons (Fsp3) is 0.929. The zero-order valence-electron chi connectivity index (χ0n) is 11.2. The Morgan fingerprint density at radius 1 is 0.941 bits per heavy atom. The number of hydrogen-bond donors (Lipinski definition) is 1. The smallest absolute Gasteiger partial charge is 0.305 e.